The van der Waals surface area contributed by atoms with Crippen molar-refractivity contribution in [3.05, 3.63) is 47.3 Å². The summed E-state index contributed by atoms with van der Waals surface area (Å²) in [4.78, 5) is 8.57. The van der Waals surface area contributed by atoms with Crippen molar-refractivity contribution in [1.82, 2.24) is 24.3 Å². The van der Waals surface area contributed by atoms with Gasteiger partial charge >= 0.3 is 0 Å². The minimum Gasteiger partial charge on any atom is -0.390 e. The van der Waals surface area contributed by atoms with Gasteiger partial charge in [0.15, 0.2) is 5.82 Å². The maximum Gasteiger partial charge on any atom is 0.160 e. The summed E-state index contributed by atoms with van der Waals surface area (Å²) < 4.78 is 3.74. The lowest BCUT2D eigenvalue weighted by Gasteiger charge is -2.08. The summed E-state index contributed by atoms with van der Waals surface area (Å²) in [5, 5.41) is 14.3. The summed E-state index contributed by atoms with van der Waals surface area (Å²) in [5.74, 6) is 0.759. The highest BCUT2D eigenvalue weighted by Gasteiger charge is 2.23. The molecule has 0 spiro atoms. The maximum absolute atomic E-state index is 9.42. The Bertz CT molecular complexity index is 807. The normalized spacial score (nSPS) is 12.5. The van der Waals surface area contributed by atoms with Crippen molar-refractivity contribution in [3.63, 3.8) is 0 Å². The van der Waals surface area contributed by atoms with Gasteiger partial charge in [-0.25, -0.2) is 14.6 Å². The Morgan fingerprint density at radius 1 is 1.30 bits per heavy atom. The van der Waals surface area contributed by atoms with Crippen LogP contribution < -0.4 is 0 Å². The van der Waals surface area contributed by atoms with Crippen LogP contribution in [-0.2, 0) is 13.2 Å². The third kappa shape index (κ3) is 1.52. The zero-order chi connectivity index (χ0) is 13.7. The average molecular weight is 288 g/mol. The van der Waals surface area contributed by atoms with Gasteiger partial charge in [-0.2, -0.15) is 5.10 Å². The predicted octanol–water partition coefficient (Wildman–Crippen LogP) is 1.64. The topological polar surface area (TPSA) is 68.8 Å². The van der Waals surface area contributed by atoms with E-state index in [9.17, 15) is 5.11 Å². The molecule has 6 nitrogen and oxygen atoms in total. The van der Waals surface area contributed by atoms with E-state index in [0.29, 0.717) is 17.3 Å². The first-order valence-electron chi connectivity index (χ1n) is 6.12. The molecule has 3 aromatic rings. The molecule has 1 aliphatic rings. The number of halogens is 1. The lowest BCUT2D eigenvalue weighted by molar-refractivity contribution is 0.275. The van der Waals surface area contributed by atoms with Crippen LogP contribution in [0.2, 0.25) is 5.02 Å². The highest BCUT2D eigenvalue weighted by atomic mass is 35.5. The fraction of sp³-hybridized carbons (Fsp3) is 0.154. The van der Waals surface area contributed by atoms with Gasteiger partial charge in [0.1, 0.15) is 6.33 Å². The van der Waals surface area contributed by atoms with E-state index >= 15 is 0 Å². The summed E-state index contributed by atoms with van der Waals surface area (Å²) in [7, 11) is 0. The van der Waals surface area contributed by atoms with Crippen molar-refractivity contribution in [2.45, 2.75) is 13.2 Å². The fourth-order valence-corrected chi connectivity index (χ4v) is 2.72. The van der Waals surface area contributed by atoms with E-state index in [2.05, 4.69) is 15.1 Å². The van der Waals surface area contributed by atoms with Gasteiger partial charge in [0.2, 0.25) is 0 Å². The quantitative estimate of drug-likeness (QED) is 0.578. The standard InChI is InChI=1S/C13H10ClN5O/c14-8-1-2-11-9(3-8)13-15-6-17-19(13)4-12-10(5-20)16-7-18(11)12/h1-3,6-7,20H,4-5H2. The van der Waals surface area contributed by atoms with E-state index in [-0.39, 0.29) is 6.61 Å². The highest BCUT2D eigenvalue weighted by molar-refractivity contribution is 6.31. The van der Waals surface area contributed by atoms with Gasteiger partial charge in [0.25, 0.3) is 0 Å². The SMILES string of the molecule is OCc1ncn2c1Cn1ncnc1-c1cc(Cl)ccc1-2. The zero-order valence-electron chi connectivity index (χ0n) is 10.4. The largest absolute Gasteiger partial charge is 0.390 e. The molecule has 0 saturated heterocycles. The predicted molar refractivity (Wildman–Crippen MR) is 72.6 cm³/mol. The summed E-state index contributed by atoms with van der Waals surface area (Å²) in [6.45, 7) is 0.410. The summed E-state index contributed by atoms with van der Waals surface area (Å²) in [5.41, 5.74) is 3.38. The molecule has 20 heavy (non-hydrogen) atoms. The van der Waals surface area contributed by atoms with Crippen LogP contribution in [0.4, 0.5) is 0 Å². The van der Waals surface area contributed by atoms with E-state index in [1.54, 1.807) is 11.0 Å². The molecule has 7 heteroatoms. The number of aromatic nitrogens is 5. The second-order valence-electron chi connectivity index (χ2n) is 4.57. The first-order chi connectivity index (χ1) is 9.78. The Morgan fingerprint density at radius 2 is 2.20 bits per heavy atom. The summed E-state index contributed by atoms with van der Waals surface area (Å²) in [6.07, 6.45) is 3.23. The van der Waals surface area contributed by atoms with E-state index in [0.717, 1.165) is 22.8 Å². The monoisotopic (exact) mass is 287 g/mol. The van der Waals surface area contributed by atoms with Crippen LogP contribution in [0, 0.1) is 0 Å². The number of rotatable bonds is 1. The van der Waals surface area contributed by atoms with E-state index in [4.69, 9.17) is 11.6 Å². The number of imidazole rings is 1. The van der Waals surface area contributed by atoms with Gasteiger partial charge in [0, 0.05) is 10.6 Å². The number of benzene rings is 1. The lowest BCUT2D eigenvalue weighted by Crippen LogP contribution is -2.06. The molecule has 3 heterocycles. The number of nitrogens with zero attached hydrogens (tertiary/aromatic N) is 5. The van der Waals surface area contributed by atoms with E-state index in [1.807, 2.05) is 22.8 Å². The molecule has 100 valence electrons. The molecule has 0 fully saturated rings. The molecule has 0 aliphatic carbocycles. The Hall–Kier alpha value is -2.18. The fourth-order valence-electron chi connectivity index (χ4n) is 2.55. The lowest BCUT2D eigenvalue weighted by atomic mass is 10.1. The third-order valence-electron chi connectivity index (χ3n) is 3.48. The molecular weight excluding hydrogens is 278 g/mol. The molecular formula is C13H10ClN5O. The first-order valence-corrected chi connectivity index (χ1v) is 6.50. The number of aliphatic hydroxyl groups is 1. The molecule has 4 rings (SSSR count). The minimum atomic E-state index is -0.102. The van der Waals surface area contributed by atoms with Crippen molar-refractivity contribution in [3.8, 4) is 17.1 Å². The van der Waals surface area contributed by atoms with Crippen molar-refractivity contribution in [1.29, 1.82) is 0 Å². The van der Waals surface area contributed by atoms with Gasteiger partial charge in [-0.05, 0) is 18.2 Å². The van der Waals surface area contributed by atoms with Crippen LogP contribution in [0.5, 0.6) is 0 Å². The third-order valence-corrected chi connectivity index (χ3v) is 3.71. The number of aliphatic hydroxyl groups excluding tert-OH is 1. The molecule has 0 amide bonds. The van der Waals surface area contributed by atoms with Crippen LogP contribution in [0.25, 0.3) is 17.1 Å². The average Bonchev–Trinajstić information content (AvgIpc) is 3.04. The van der Waals surface area contributed by atoms with Crippen molar-refractivity contribution in [2.75, 3.05) is 0 Å². The number of fused-ring (bicyclic) bond motifs is 5. The van der Waals surface area contributed by atoms with Gasteiger partial charge in [-0.1, -0.05) is 11.6 Å². The Balaban J connectivity index is 2.09. The van der Waals surface area contributed by atoms with Crippen LogP contribution in [-0.4, -0.2) is 29.4 Å². The molecule has 0 bridgehead atoms. The van der Waals surface area contributed by atoms with Crippen molar-refractivity contribution in [2.24, 2.45) is 0 Å². The van der Waals surface area contributed by atoms with Gasteiger partial charge in [-0.3, -0.25) is 0 Å². The van der Waals surface area contributed by atoms with Crippen molar-refractivity contribution < 1.29 is 5.11 Å². The summed E-state index contributed by atoms with van der Waals surface area (Å²) >= 11 is 6.10. The van der Waals surface area contributed by atoms with Crippen LogP contribution in [0.3, 0.4) is 0 Å². The van der Waals surface area contributed by atoms with E-state index in [1.165, 1.54) is 6.33 Å². The van der Waals surface area contributed by atoms with Gasteiger partial charge in [-0.15, -0.1) is 0 Å². The van der Waals surface area contributed by atoms with Crippen molar-refractivity contribution >= 4 is 11.6 Å². The second kappa shape index (κ2) is 4.16. The minimum absolute atomic E-state index is 0.102. The van der Waals surface area contributed by atoms with E-state index < -0.39 is 0 Å². The van der Waals surface area contributed by atoms with Crippen LogP contribution in [0.15, 0.2) is 30.9 Å². The van der Waals surface area contributed by atoms with Gasteiger partial charge < -0.3 is 9.67 Å². The zero-order valence-corrected chi connectivity index (χ0v) is 11.1. The molecule has 0 saturated carbocycles. The number of hydrogen-bond acceptors (Lipinski definition) is 4. The molecule has 1 aromatic carbocycles. The molecule has 0 radical (unpaired) electrons. The van der Waals surface area contributed by atoms with Crippen LogP contribution >= 0.6 is 11.6 Å². The molecule has 0 unspecified atom stereocenters. The Morgan fingerprint density at radius 3 is 3.05 bits per heavy atom. The molecule has 2 aromatic heterocycles. The Labute approximate surface area is 119 Å². The smallest absolute Gasteiger partial charge is 0.160 e. The number of hydrogen-bond donors (Lipinski definition) is 1. The maximum atomic E-state index is 9.42. The molecule has 1 N–H and O–H groups in total. The first kappa shape index (κ1) is 11.6. The Kier molecular flexibility index (Phi) is 2.42. The van der Waals surface area contributed by atoms with Gasteiger partial charge in [0.05, 0.1) is 36.6 Å². The molecule has 1 aliphatic heterocycles. The summed E-state index contributed by atoms with van der Waals surface area (Å²) in [6, 6.07) is 5.62. The second-order valence-corrected chi connectivity index (χ2v) is 5.01. The highest BCUT2D eigenvalue weighted by Crippen LogP contribution is 2.32. The molecule has 0 atom stereocenters. The van der Waals surface area contributed by atoms with Crippen LogP contribution in [0.1, 0.15) is 11.4 Å².